The first kappa shape index (κ1) is 13.8. The van der Waals surface area contributed by atoms with E-state index in [1.165, 1.54) is 19.2 Å². The van der Waals surface area contributed by atoms with Crippen molar-refractivity contribution in [2.75, 3.05) is 24.3 Å². The third-order valence-electron chi connectivity index (χ3n) is 2.74. The molecule has 1 heterocycles. The second-order valence-electron chi connectivity index (χ2n) is 3.93. The number of ether oxygens (including phenoxy) is 1. The topological polar surface area (TPSA) is 105 Å². The van der Waals surface area contributed by atoms with E-state index in [9.17, 15) is 14.8 Å². The number of nitrogens with one attached hydrogen (secondary N) is 1. The first-order chi connectivity index (χ1) is 9.52. The minimum Gasteiger partial charge on any atom is -0.733 e. The summed E-state index contributed by atoms with van der Waals surface area (Å²) in [7, 11) is 1.42. The maximum Gasteiger partial charge on any atom is 0.255 e. The second kappa shape index (κ2) is 5.59. The molecule has 0 saturated carbocycles. The predicted octanol–water partition coefficient (Wildman–Crippen LogP) is 0.683. The number of hydrogen-bond acceptors (Lipinski definition) is 7. The van der Waals surface area contributed by atoms with Gasteiger partial charge in [-0.1, -0.05) is 0 Å². The summed E-state index contributed by atoms with van der Waals surface area (Å²) in [5, 5.41) is 22.5. The molecule has 0 aromatic heterocycles. The van der Waals surface area contributed by atoms with Gasteiger partial charge in [0.2, 0.25) is 0 Å². The molecule has 2 N–H and O–H groups in total. The van der Waals surface area contributed by atoms with E-state index in [2.05, 4.69) is 5.32 Å². The lowest BCUT2D eigenvalue weighted by molar-refractivity contribution is -0.136. The van der Waals surface area contributed by atoms with E-state index in [4.69, 9.17) is 9.94 Å². The quantitative estimate of drug-likeness (QED) is 0.602. The van der Waals surface area contributed by atoms with E-state index < -0.39 is 11.8 Å². The Hall–Kier alpha value is -2.58. The van der Waals surface area contributed by atoms with Gasteiger partial charge in [-0.25, -0.2) is 0 Å². The lowest BCUT2D eigenvalue weighted by Crippen LogP contribution is -2.34. The predicted molar refractivity (Wildman–Crippen MR) is 70.1 cm³/mol. The first-order valence-corrected chi connectivity index (χ1v) is 5.64. The number of nitrogens with zero attached hydrogens (tertiary/aromatic N) is 2. The Balaban J connectivity index is 2.13. The number of carbonyl (C=O) groups excluding carboxylic acids is 2. The van der Waals surface area contributed by atoms with Crippen LogP contribution < -0.4 is 15.3 Å². The largest absolute Gasteiger partial charge is 0.733 e. The van der Waals surface area contributed by atoms with E-state index in [1.807, 2.05) is 0 Å². The lowest BCUT2D eigenvalue weighted by atomic mass is 10.2. The van der Waals surface area contributed by atoms with E-state index >= 15 is 0 Å². The van der Waals surface area contributed by atoms with Crippen LogP contribution in [0.25, 0.3) is 0 Å². The van der Waals surface area contributed by atoms with Crippen molar-refractivity contribution in [3.63, 3.8) is 0 Å². The number of anilines is 2. The Kier molecular flexibility index (Phi) is 3.87. The molecule has 0 fully saturated rings. The van der Waals surface area contributed by atoms with E-state index in [0.29, 0.717) is 5.75 Å². The number of carbonyl (C=O) groups is 2. The highest BCUT2D eigenvalue weighted by atomic mass is 16.8. The number of methoxy groups -OCH3 is 1. The van der Waals surface area contributed by atoms with Crippen LogP contribution in [0, 0.1) is 5.21 Å². The zero-order valence-electron chi connectivity index (χ0n) is 10.6. The van der Waals surface area contributed by atoms with Crippen molar-refractivity contribution in [2.24, 2.45) is 0 Å². The molecular weight excluding hydrogens is 266 g/mol. The Morgan fingerprint density at radius 3 is 2.55 bits per heavy atom. The molecule has 0 radical (unpaired) electrons. The molecule has 0 spiro atoms. The third-order valence-corrected chi connectivity index (χ3v) is 2.74. The highest BCUT2D eigenvalue weighted by molar-refractivity contribution is 6.13. The highest BCUT2D eigenvalue weighted by Crippen LogP contribution is 2.29. The lowest BCUT2D eigenvalue weighted by Gasteiger charge is -2.26. The van der Waals surface area contributed by atoms with Crippen molar-refractivity contribution >= 4 is 23.2 Å². The van der Waals surface area contributed by atoms with Gasteiger partial charge in [-0.15, -0.1) is 0 Å². The molecule has 1 aliphatic rings. The van der Waals surface area contributed by atoms with Gasteiger partial charge < -0.3 is 20.5 Å². The van der Waals surface area contributed by atoms with E-state index in [0.717, 1.165) is 17.1 Å². The van der Waals surface area contributed by atoms with Gasteiger partial charge in [-0.05, 0) is 12.1 Å². The molecule has 2 amide bonds. The number of hydrogen-bond donors (Lipinski definition) is 2. The Labute approximate surface area is 114 Å². The molecule has 0 unspecified atom stereocenters. The summed E-state index contributed by atoms with van der Waals surface area (Å²) < 4.78 is 4.94. The molecule has 8 heteroatoms. The van der Waals surface area contributed by atoms with Gasteiger partial charge in [0.15, 0.2) is 0 Å². The van der Waals surface area contributed by atoms with Crippen LogP contribution in [0.5, 0.6) is 5.75 Å². The summed E-state index contributed by atoms with van der Waals surface area (Å²) in [6.07, 6.45) is 2.32. The Morgan fingerprint density at radius 1 is 1.35 bits per heavy atom. The number of imide groups is 1. The Morgan fingerprint density at radius 2 is 2.00 bits per heavy atom. The fourth-order valence-electron chi connectivity index (χ4n) is 1.70. The van der Waals surface area contributed by atoms with Crippen molar-refractivity contribution in [1.82, 2.24) is 4.90 Å². The van der Waals surface area contributed by atoms with E-state index in [-0.39, 0.29) is 23.3 Å². The van der Waals surface area contributed by atoms with Crippen molar-refractivity contribution in [1.29, 1.82) is 0 Å². The molecule has 1 aliphatic heterocycles. The maximum atomic E-state index is 11.4. The molecule has 0 saturated heterocycles. The van der Waals surface area contributed by atoms with Gasteiger partial charge in [-0.2, -0.15) is 0 Å². The standard InChI is InChI=1S/C12H12N3O5/c1-20-8-2-3-9(10(6-8)15(18)19)13-7-14-11(16)4-5-12(14)17/h2-6,13,18H,7H2,1H3/q-1. The van der Waals surface area contributed by atoms with Crippen LogP contribution in [0.2, 0.25) is 0 Å². The number of amides is 2. The monoisotopic (exact) mass is 278 g/mol. The molecule has 8 nitrogen and oxygen atoms in total. The maximum absolute atomic E-state index is 11.4. The van der Waals surface area contributed by atoms with Crippen LogP contribution in [0.3, 0.4) is 0 Å². The van der Waals surface area contributed by atoms with Crippen molar-refractivity contribution in [3.05, 3.63) is 35.6 Å². The van der Waals surface area contributed by atoms with Gasteiger partial charge >= 0.3 is 0 Å². The molecule has 0 aliphatic carbocycles. The SMILES string of the molecule is COc1ccc(NCN2C(=O)C=CC2=O)c(N([O-])O)c1. The fourth-order valence-corrected chi connectivity index (χ4v) is 1.70. The second-order valence-corrected chi connectivity index (χ2v) is 3.93. The summed E-state index contributed by atoms with van der Waals surface area (Å²) in [4.78, 5) is 23.7. The zero-order chi connectivity index (χ0) is 14.7. The summed E-state index contributed by atoms with van der Waals surface area (Å²) >= 11 is 0. The average molecular weight is 278 g/mol. The molecular formula is C12H12N3O5-. The van der Waals surface area contributed by atoms with Crippen LogP contribution in [0.15, 0.2) is 30.4 Å². The van der Waals surface area contributed by atoms with Crippen LogP contribution in [-0.2, 0) is 9.59 Å². The fraction of sp³-hybridized carbons (Fsp3) is 0.167. The van der Waals surface area contributed by atoms with Crippen molar-refractivity contribution < 1.29 is 19.5 Å². The van der Waals surface area contributed by atoms with Gasteiger partial charge in [0.25, 0.3) is 11.8 Å². The first-order valence-electron chi connectivity index (χ1n) is 5.64. The number of benzene rings is 1. The molecule has 2 rings (SSSR count). The molecule has 20 heavy (non-hydrogen) atoms. The zero-order valence-corrected chi connectivity index (χ0v) is 10.6. The van der Waals surface area contributed by atoms with E-state index in [1.54, 1.807) is 6.07 Å². The summed E-state index contributed by atoms with van der Waals surface area (Å²) in [5.41, 5.74) is 0.173. The van der Waals surface area contributed by atoms with Crippen molar-refractivity contribution in [3.8, 4) is 5.75 Å². The van der Waals surface area contributed by atoms with Crippen LogP contribution in [-0.4, -0.2) is 35.7 Å². The Bertz CT molecular complexity index is 552. The smallest absolute Gasteiger partial charge is 0.255 e. The minimum atomic E-state index is -0.444. The molecule has 0 atom stereocenters. The average Bonchev–Trinajstić information content (AvgIpc) is 2.75. The summed E-state index contributed by atoms with van der Waals surface area (Å²) in [6.45, 7) is -0.113. The van der Waals surface area contributed by atoms with Gasteiger partial charge in [0.1, 0.15) is 5.75 Å². The van der Waals surface area contributed by atoms with Gasteiger partial charge in [-0.3, -0.25) is 19.7 Å². The van der Waals surface area contributed by atoms with Crippen molar-refractivity contribution in [2.45, 2.75) is 0 Å². The third kappa shape index (κ3) is 2.71. The normalized spacial score (nSPS) is 13.8. The molecule has 1 aromatic rings. The summed E-state index contributed by atoms with van der Waals surface area (Å²) in [5.74, 6) is -0.503. The highest BCUT2D eigenvalue weighted by Gasteiger charge is 2.22. The van der Waals surface area contributed by atoms with Crippen LogP contribution in [0.1, 0.15) is 0 Å². The molecule has 0 bridgehead atoms. The minimum absolute atomic E-state index is 0.0867. The van der Waals surface area contributed by atoms with Gasteiger partial charge in [0, 0.05) is 18.2 Å². The molecule has 106 valence electrons. The number of rotatable bonds is 5. The summed E-state index contributed by atoms with van der Waals surface area (Å²) in [6, 6.07) is 4.39. The van der Waals surface area contributed by atoms with Crippen LogP contribution in [0.4, 0.5) is 11.4 Å². The molecule has 1 aromatic carbocycles. The van der Waals surface area contributed by atoms with Crippen LogP contribution >= 0.6 is 0 Å². The van der Waals surface area contributed by atoms with Gasteiger partial charge in [0.05, 0.1) is 25.2 Å².